The van der Waals surface area contributed by atoms with E-state index in [1.165, 1.54) is 18.2 Å². The smallest absolute Gasteiger partial charge is 0.237 e. The monoisotopic (exact) mass is 438 g/mol. The molecule has 2 aliphatic heterocycles. The van der Waals surface area contributed by atoms with E-state index in [1.807, 2.05) is 0 Å². The van der Waals surface area contributed by atoms with Gasteiger partial charge in [-0.05, 0) is 44.9 Å². The zero-order valence-electron chi connectivity index (χ0n) is 16.9. The molecule has 28 heavy (non-hydrogen) atoms. The highest BCUT2D eigenvalue weighted by molar-refractivity contribution is 7.99. The van der Waals surface area contributed by atoms with Crippen LogP contribution >= 0.6 is 23.4 Å². The zero-order chi connectivity index (χ0) is 20.8. The Labute approximate surface area is 176 Å². The minimum atomic E-state index is -1.36. The Morgan fingerprint density at radius 1 is 1.25 bits per heavy atom. The standard InChI is InChI=1S/C19H35ClN2O5S/c1-4-5-11-6-7-12(21-9-8-11)18(26)22-13(10(2)20)17-15(24)14(23)16(25)19(27-17)28-3/h10-17,19,21,23-25H,4-9H2,1-3H3,(H,22,26)/t10-,11?,12-,13+,14-,15+,16+,17+,19+/m0/s1. The van der Waals surface area contributed by atoms with Crippen molar-refractivity contribution in [3.63, 3.8) is 0 Å². The number of thioether (sulfide) groups is 1. The highest BCUT2D eigenvalue weighted by Gasteiger charge is 2.48. The molecule has 9 atom stereocenters. The number of aliphatic hydroxyl groups is 3. The Morgan fingerprint density at radius 3 is 2.57 bits per heavy atom. The van der Waals surface area contributed by atoms with Crippen LogP contribution in [0.15, 0.2) is 0 Å². The van der Waals surface area contributed by atoms with Crippen LogP contribution in [0.5, 0.6) is 0 Å². The average Bonchev–Trinajstić information content (AvgIpc) is 2.91. The second kappa shape index (κ2) is 11.3. The summed E-state index contributed by atoms with van der Waals surface area (Å²) in [6, 6.07) is -1.01. The van der Waals surface area contributed by atoms with Gasteiger partial charge in [0, 0.05) is 0 Å². The maximum atomic E-state index is 12.9. The largest absolute Gasteiger partial charge is 0.388 e. The first-order valence-electron chi connectivity index (χ1n) is 10.2. The normalized spacial score (nSPS) is 39.0. The molecule has 0 spiro atoms. The third kappa shape index (κ3) is 5.97. The Morgan fingerprint density at radius 2 is 1.96 bits per heavy atom. The third-order valence-corrected chi connectivity index (χ3v) is 6.94. The van der Waals surface area contributed by atoms with Gasteiger partial charge in [0.05, 0.1) is 17.5 Å². The minimum Gasteiger partial charge on any atom is -0.388 e. The fourth-order valence-corrected chi connectivity index (χ4v) is 5.01. The van der Waals surface area contributed by atoms with Gasteiger partial charge in [0.15, 0.2) is 0 Å². The first kappa shape index (κ1) is 24.2. The number of carbonyl (C=O) groups is 1. The van der Waals surface area contributed by atoms with Crippen molar-refractivity contribution < 1.29 is 24.9 Å². The van der Waals surface area contributed by atoms with Gasteiger partial charge in [0.1, 0.15) is 29.9 Å². The van der Waals surface area contributed by atoms with Gasteiger partial charge in [-0.1, -0.05) is 19.8 Å². The summed E-state index contributed by atoms with van der Waals surface area (Å²) in [6.07, 6.45) is 2.06. The van der Waals surface area contributed by atoms with E-state index < -0.39 is 41.3 Å². The summed E-state index contributed by atoms with van der Waals surface area (Å²) in [4.78, 5) is 12.9. The molecule has 5 N–H and O–H groups in total. The summed E-state index contributed by atoms with van der Waals surface area (Å²) in [7, 11) is 0. The van der Waals surface area contributed by atoms with Crippen molar-refractivity contribution in [3.05, 3.63) is 0 Å². The molecule has 0 aromatic rings. The average molecular weight is 439 g/mol. The lowest BCUT2D eigenvalue weighted by atomic mass is 9.92. The van der Waals surface area contributed by atoms with Gasteiger partial charge in [-0.3, -0.25) is 4.79 Å². The van der Waals surface area contributed by atoms with Crippen LogP contribution in [0.25, 0.3) is 0 Å². The highest BCUT2D eigenvalue weighted by Crippen LogP contribution is 2.30. The first-order chi connectivity index (χ1) is 13.3. The van der Waals surface area contributed by atoms with E-state index in [9.17, 15) is 20.1 Å². The SMILES string of the molecule is CCCC1CCN[C@H](C(=O)N[C@@H]([C@H]2O[C@H](SC)[C@H](O)[C@@H](O)[C@H]2O)[C@H](C)Cl)CC1. The summed E-state index contributed by atoms with van der Waals surface area (Å²) in [5.74, 6) is 0.465. The van der Waals surface area contributed by atoms with Crippen molar-refractivity contribution >= 4 is 29.3 Å². The van der Waals surface area contributed by atoms with E-state index in [0.29, 0.717) is 5.92 Å². The van der Waals surface area contributed by atoms with E-state index in [0.717, 1.165) is 32.2 Å². The molecule has 2 rings (SSSR count). The van der Waals surface area contributed by atoms with Gasteiger partial charge in [-0.25, -0.2) is 0 Å². The van der Waals surface area contributed by atoms with Crippen molar-refractivity contribution in [1.82, 2.24) is 10.6 Å². The minimum absolute atomic E-state index is 0.174. The zero-order valence-corrected chi connectivity index (χ0v) is 18.5. The van der Waals surface area contributed by atoms with Crippen molar-refractivity contribution in [2.75, 3.05) is 12.8 Å². The number of aliphatic hydroxyl groups excluding tert-OH is 3. The lowest BCUT2D eigenvalue weighted by Crippen LogP contribution is -2.65. The maximum absolute atomic E-state index is 12.9. The molecule has 7 nitrogen and oxygen atoms in total. The Balaban J connectivity index is 2.04. The van der Waals surface area contributed by atoms with Crippen LogP contribution in [0, 0.1) is 5.92 Å². The Kier molecular flexibility index (Phi) is 9.80. The molecule has 0 aliphatic carbocycles. The van der Waals surface area contributed by atoms with Crippen LogP contribution in [0.2, 0.25) is 0 Å². The number of amides is 1. The Hall–Kier alpha value is -0.0900. The summed E-state index contributed by atoms with van der Waals surface area (Å²) >= 11 is 7.56. The van der Waals surface area contributed by atoms with E-state index in [-0.39, 0.29) is 11.9 Å². The Bertz CT molecular complexity index is 499. The molecule has 1 amide bonds. The molecule has 2 fully saturated rings. The molecule has 1 unspecified atom stereocenters. The molecule has 0 radical (unpaired) electrons. The number of alkyl halides is 1. The first-order valence-corrected chi connectivity index (χ1v) is 11.9. The van der Waals surface area contributed by atoms with Gasteiger partial charge in [-0.2, -0.15) is 0 Å². The lowest BCUT2D eigenvalue weighted by molar-refractivity contribution is -0.205. The second-order valence-corrected chi connectivity index (χ2v) is 9.54. The van der Waals surface area contributed by atoms with Crippen LogP contribution < -0.4 is 10.6 Å². The second-order valence-electron chi connectivity index (χ2n) is 7.92. The van der Waals surface area contributed by atoms with Crippen molar-refractivity contribution in [2.45, 2.75) is 93.3 Å². The van der Waals surface area contributed by atoms with Crippen LogP contribution in [0.4, 0.5) is 0 Å². The topological polar surface area (TPSA) is 111 Å². The van der Waals surface area contributed by atoms with Gasteiger partial charge < -0.3 is 30.7 Å². The molecule has 0 aromatic heterocycles. The van der Waals surface area contributed by atoms with E-state index >= 15 is 0 Å². The predicted octanol–water partition coefficient (Wildman–Crippen LogP) is 0.828. The fraction of sp³-hybridized carbons (Fsp3) is 0.947. The highest BCUT2D eigenvalue weighted by atomic mass is 35.5. The molecule has 9 heteroatoms. The summed E-state index contributed by atoms with van der Waals surface area (Å²) < 4.78 is 5.80. The molecular weight excluding hydrogens is 404 g/mol. The lowest BCUT2D eigenvalue weighted by Gasteiger charge is -2.44. The van der Waals surface area contributed by atoms with Crippen LogP contribution in [-0.2, 0) is 9.53 Å². The number of halogens is 1. The van der Waals surface area contributed by atoms with Gasteiger partial charge in [0.25, 0.3) is 0 Å². The summed E-state index contributed by atoms with van der Waals surface area (Å²) in [6.45, 7) is 4.69. The molecule has 2 heterocycles. The fourth-order valence-electron chi connectivity index (χ4n) is 4.12. The summed E-state index contributed by atoms with van der Waals surface area (Å²) in [5, 5.41) is 36.4. The number of rotatable bonds is 7. The summed E-state index contributed by atoms with van der Waals surface area (Å²) in [5.41, 5.74) is -0.705. The number of hydrogen-bond donors (Lipinski definition) is 5. The van der Waals surface area contributed by atoms with Crippen molar-refractivity contribution in [3.8, 4) is 0 Å². The van der Waals surface area contributed by atoms with Crippen LogP contribution in [0.1, 0.15) is 46.0 Å². The van der Waals surface area contributed by atoms with Gasteiger partial charge in [0.2, 0.25) is 5.91 Å². The quantitative estimate of drug-likeness (QED) is 0.374. The molecule has 2 saturated heterocycles. The number of nitrogens with one attached hydrogen (secondary N) is 2. The van der Waals surface area contributed by atoms with E-state index in [2.05, 4.69) is 17.6 Å². The molecule has 0 saturated carbocycles. The third-order valence-electron chi connectivity index (χ3n) is 5.82. The van der Waals surface area contributed by atoms with E-state index in [1.54, 1.807) is 13.2 Å². The molecule has 0 bridgehead atoms. The molecule has 164 valence electrons. The van der Waals surface area contributed by atoms with E-state index in [4.69, 9.17) is 16.3 Å². The number of carbonyl (C=O) groups excluding carboxylic acids is 1. The van der Waals surface area contributed by atoms with Gasteiger partial charge >= 0.3 is 0 Å². The predicted molar refractivity (Wildman–Crippen MR) is 111 cm³/mol. The van der Waals surface area contributed by atoms with Crippen molar-refractivity contribution in [2.24, 2.45) is 5.92 Å². The number of hydrogen-bond acceptors (Lipinski definition) is 7. The van der Waals surface area contributed by atoms with Crippen LogP contribution in [0.3, 0.4) is 0 Å². The van der Waals surface area contributed by atoms with Crippen molar-refractivity contribution in [1.29, 1.82) is 0 Å². The molecular formula is C19H35ClN2O5S. The molecule has 0 aromatic carbocycles. The maximum Gasteiger partial charge on any atom is 0.237 e. The molecule has 2 aliphatic rings. The number of ether oxygens (including phenoxy) is 1. The van der Waals surface area contributed by atoms with Crippen LogP contribution in [-0.4, -0.2) is 81.3 Å². The van der Waals surface area contributed by atoms with Gasteiger partial charge in [-0.15, -0.1) is 23.4 Å².